The van der Waals surface area contributed by atoms with Gasteiger partial charge in [0, 0.05) is 23.8 Å². The minimum absolute atomic E-state index is 0.265. The number of hydrogen-bond donors (Lipinski definition) is 1. The lowest BCUT2D eigenvalue weighted by Crippen LogP contribution is -2.17. The van der Waals surface area contributed by atoms with Crippen molar-refractivity contribution in [2.75, 3.05) is 0 Å². The zero-order valence-corrected chi connectivity index (χ0v) is 12.0. The van der Waals surface area contributed by atoms with Crippen LogP contribution in [0, 0.1) is 6.92 Å². The molecule has 98 valence electrons. The number of nitrogens with zero attached hydrogens (tertiary/aromatic N) is 4. The smallest absolute Gasteiger partial charge is 0.131 e. The standard InChI is InChI=1S/C12H19N5S/c1-8(2)17-7-11(5-14-17)9(3)13-6-12-16-15-10(4)18-12/h5,7-9,13H,6H2,1-4H3. The molecule has 0 aliphatic carbocycles. The van der Waals surface area contributed by atoms with Crippen LogP contribution in [0.15, 0.2) is 12.4 Å². The Kier molecular flexibility index (Phi) is 4.08. The summed E-state index contributed by atoms with van der Waals surface area (Å²) in [7, 11) is 0. The molecule has 2 aromatic heterocycles. The summed E-state index contributed by atoms with van der Waals surface area (Å²) < 4.78 is 1.97. The van der Waals surface area contributed by atoms with Gasteiger partial charge in [-0.05, 0) is 27.7 Å². The molecule has 2 aromatic rings. The van der Waals surface area contributed by atoms with E-state index < -0.39 is 0 Å². The second kappa shape index (κ2) is 5.58. The molecule has 1 N–H and O–H groups in total. The van der Waals surface area contributed by atoms with E-state index in [1.165, 1.54) is 5.56 Å². The summed E-state index contributed by atoms with van der Waals surface area (Å²) in [4.78, 5) is 0. The zero-order chi connectivity index (χ0) is 13.1. The van der Waals surface area contributed by atoms with Gasteiger partial charge in [-0.25, -0.2) is 0 Å². The maximum Gasteiger partial charge on any atom is 0.131 e. The number of hydrogen-bond acceptors (Lipinski definition) is 5. The van der Waals surface area contributed by atoms with Crippen LogP contribution in [0.2, 0.25) is 0 Å². The number of aromatic nitrogens is 4. The van der Waals surface area contributed by atoms with Crippen LogP contribution < -0.4 is 5.32 Å². The average molecular weight is 265 g/mol. The second-order valence-corrected chi connectivity index (χ2v) is 5.93. The highest BCUT2D eigenvalue weighted by molar-refractivity contribution is 7.11. The van der Waals surface area contributed by atoms with Crippen molar-refractivity contribution in [1.29, 1.82) is 0 Å². The lowest BCUT2D eigenvalue weighted by Gasteiger charge is -2.10. The van der Waals surface area contributed by atoms with E-state index in [-0.39, 0.29) is 6.04 Å². The van der Waals surface area contributed by atoms with Gasteiger partial charge in [0.25, 0.3) is 0 Å². The van der Waals surface area contributed by atoms with Crippen molar-refractivity contribution in [2.24, 2.45) is 0 Å². The number of aryl methyl sites for hydroxylation is 1. The Labute approximate surface area is 111 Å². The Balaban J connectivity index is 1.92. The van der Waals surface area contributed by atoms with Crippen molar-refractivity contribution < 1.29 is 0 Å². The Morgan fingerprint density at radius 3 is 2.67 bits per heavy atom. The van der Waals surface area contributed by atoms with Crippen LogP contribution in [0.4, 0.5) is 0 Å². The summed E-state index contributed by atoms with van der Waals surface area (Å²) in [6.07, 6.45) is 4.01. The molecule has 0 radical (unpaired) electrons. The molecular formula is C12H19N5S. The number of rotatable bonds is 5. The van der Waals surface area contributed by atoms with E-state index in [9.17, 15) is 0 Å². The van der Waals surface area contributed by atoms with Gasteiger partial charge in [0.1, 0.15) is 10.0 Å². The molecule has 0 aromatic carbocycles. The maximum atomic E-state index is 4.35. The van der Waals surface area contributed by atoms with Crippen molar-refractivity contribution in [3.8, 4) is 0 Å². The molecule has 18 heavy (non-hydrogen) atoms. The van der Waals surface area contributed by atoms with Gasteiger partial charge in [-0.2, -0.15) is 5.10 Å². The quantitative estimate of drug-likeness (QED) is 0.902. The summed E-state index contributed by atoms with van der Waals surface area (Å²) in [5.74, 6) is 0. The van der Waals surface area contributed by atoms with Crippen LogP contribution in [0.25, 0.3) is 0 Å². The molecule has 0 aliphatic rings. The van der Waals surface area contributed by atoms with Crippen LogP contribution in [-0.4, -0.2) is 20.0 Å². The van der Waals surface area contributed by atoms with E-state index in [0.29, 0.717) is 6.04 Å². The molecule has 0 spiro atoms. The monoisotopic (exact) mass is 265 g/mol. The third-order valence-electron chi connectivity index (χ3n) is 2.78. The van der Waals surface area contributed by atoms with Gasteiger partial charge in [-0.15, -0.1) is 21.5 Å². The van der Waals surface area contributed by atoms with Crippen molar-refractivity contribution in [3.05, 3.63) is 28.0 Å². The van der Waals surface area contributed by atoms with E-state index in [2.05, 4.69) is 47.6 Å². The molecule has 0 bridgehead atoms. The van der Waals surface area contributed by atoms with Crippen LogP contribution in [-0.2, 0) is 6.54 Å². The van der Waals surface area contributed by atoms with Crippen molar-refractivity contribution in [2.45, 2.75) is 46.3 Å². The van der Waals surface area contributed by atoms with Gasteiger partial charge in [-0.1, -0.05) is 0 Å². The van der Waals surface area contributed by atoms with Crippen LogP contribution >= 0.6 is 11.3 Å². The molecule has 6 heteroatoms. The fourth-order valence-corrected chi connectivity index (χ4v) is 2.29. The molecule has 0 saturated heterocycles. The first kappa shape index (κ1) is 13.2. The van der Waals surface area contributed by atoms with Gasteiger partial charge in [0.05, 0.1) is 12.7 Å². The summed E-state index contributed by atoms with van der Waals surface area (Å²) in [5, 5.41) is 17.9. The Morgan fingerprint density at radius 2 is 2.11 bits per heavy atom. The summed E-state index contributed by atoms with van der Waals surface area (Å²) in [6, 6.07) is 0.665. The predicted molar refractivity (Wildman–Crippen MR) is 72.5 cm³/mol. The highest BCUT2D eigenvalue weighted by atomic mass is 32.1. The van der Waals surface area contributed by atoms with Gasteiger partial charge < -0.3 is 5.32 Å². The SMILES string of the molecule is Cc1nnc(CNC(C)c2cnn(C(C)C)c2)s1. The van der Waals surface area contributed by atoms with Gasteiger partial charge in [0.2, 0.25) is 0 Å². The van der Waals surface area contributed by atoms with E-state index in [1.54, 1.807) is 11.3 Å². The van der Waals surface area contributed by atoms with E-state index in [1.807, 2.05) is 17.8 Å². The van der Waals surface area contributed by atoms with Gasteiger partial charge >= 0.3 is 0 Å². The molecule has 1 unspecified atom stereocenters. The van der Waals surface area contributed by atoms with Gasteiger partial charge in [0.15, 0.2) is 0 Å². The van der Waals surface area contributed by atoms with Crippen LogP contribution in [0.3, 0.4) is 0 Å². The Morgan fingerprint density at radius 1 is 1.33 bits per heavy atom. The molecular weight excluding hydrogens is 246 g/mol. The first-order valence-electron chi connectivity index (χ1n) is 6.12. The van der Waals surface area contributed by atoms with Gasteiger partial charge in [-0.3, -0.25) is 4.68 Å². The second-order valence-electron chi connectivity index (χ2n) is 4.66. The first-order chi connectivity index (χ1) is 8.56. The van der Waals surface area contributed by atoms with Crippen molar-refractivity contribution >= 4 is 11.3 Å². The van der Waals surface area contributed by atoms with E-state index in [4.69, 9.17) is 0 Å². The highest BCUT2D eigenvalue weighted by Crippen LogP contribution is 2.15. The summed E-state index contributed by atoms with van der Waals surface area (Å²) in [6.45, 7) is 9.10. The van der Waals surface area contributed by atoms with Crippen LogP contribution in [0.1, 0.15) is 48.4 Å². The minimum atomic E-state index is 0.265. The molecule has 0 saturated carbocycles. The minimum Gasteiger partial charge on any atom is -0.304 e. The average Bonchev–Trinajstić information content (AvgIpc) is 2.94. The predicted octanol–water partition coefficient (Wildman–Crippen LogP) is 2.47. The first-order valence-corrected chi connectivity index (χ1v) is 6.94. The van der Waals surface area contributed by atoms with E-state index in [0.717, 1.165) is 16.6 Å². The Bertz CT molecular complexity index is 502. The fourth-order valence-electron chi connectivity index (χ4n) is 1.63. The van der Waals surface area contributed by atoms with Crippen LogP contribution in [0.5, 0.6) is 0 Å². The molecule has 0 aliphatic heterocycles. The summed E-state index contributed by atoms with van der Waals surface area (Å²) >= 11 is 1.63. The normalized spacial score (nSPS) is 13.2. The van der Waals surface area contributed by atoms with E-state index >= 15 is 0 Å². The fraction of sp³-hybridized carbons (Fsp3) is 0.583. The lowest BCUT2D eigenvalue weighted by molar-refractivity contribution is 0.528. The molecule has 2 rings (SSSR count). The highest BCUT2D eigenvalue weighted by Gasteiger charge is 2.10. The van der Waals surface area contributed by atoms with Crippen molar-refractivity contribution in [3.63, 3.8) is 0 Å². The third-order valence-corrected chi connectivity index (χ3v) is 3.62. The maximum absolute atomic E-state index is 4.35. The summed E-state index contributed by atoms with van der Waals surface area (Å²) in [5.41, 5.74) is 1.20. The number of nitrogens with one attached hydrogen (secondary N) is 1. The molecule has 1 atom stereocenters. The topological polar surface area (TPSA) is 55.6 Å². The molecule has 2 heterocycles. The van der Waals surface area contributed by atoms with Crippen molar-refractivity contribution in [1.82, 2.24) is 25.3 Å². The molecule has 0 amide bonds. The third kappa shape index (κ3) is 3.14. The largest absolute Gasteiger partial charge is 0.304 e. The zero-order valence-electron chi connectivity index (χ0n) is 11.2. The molecule has 0 fully saturated rings. The lowest BCUT2D eigenvalue weighted by atomic mass is 10.2. The Hall–Kier alpha value is -1.27. The molecule has 5 nitrogen and oxygen atoms in total.